The van der Waals surface area contributed by atoms with Crippen molar-refractivity contribution in [2.45, 2.75) is 44.7 Å². The SMILES string of the molecule is CCNC(=O)[C@@H](CC)N(Cc1ccccc1Cl)C(=O)CN(c1ccc(C)cc1)S(=O)(=O)c1ccc(OC)c(Br)c1. The van der Waals surface area contributed by atoms with E-state index in [-0.39, 0.29) is 17.3 Å². The predicted molar refractivity (Wildman–Crippen MR) is 161 cm³/mol. The van der Waals surface area contributed by atoms with Crippen molar-refractivity contribution in [1.82, 2.24) is 10.2 Å². The van der Waals surface area contributed by atoms with Gasteiger partial charge in [-0.25, -0.2) is 8.42 Å². The second kappa shape index (κ2) is 14.0. The van der Waals surface area contributed by atoms with Crippen molar-refractivity contribution in [3.05, 3.63) is 87.4 Å². The Morgan fingerprint density at radius 3 is 2.30 bits per heavy atom. The highest BCUT2D eigenvalue weighted by Crippen LogP contribution is 2.31. The van der Waals surface area contributed by atoms with Gasteiger partial charge >= 0.3 is 0 Å². The van der Waals surface area contributed by atoms with Crippen LogP contribution in [0.25, 0.3) is 0 Å². The van der Waals surface area contributed by atoms with Gasteiger partial charge in [-0.3, -0.25) is 13.9 Å². The number of sulfonamides is 1. The Hall–Kier alpha value is -3.08. The topological polar surface area (TPSA) is 96.0 Å². The quantitative estimate of drug-likeness (QED) is 0.277. The lowest BCUT2D eigenvalue weighted by molar-refractivity contribution is -0.140. The van der Waals surface area contributed by atoms with Gasteiger partial charge in [0, 0.05) is 18.1 Å². The first-order valence-corrected chi connectivity index (χ1v) is 15.4. The molecule has 0 radical (unpaired) electrons. The molecule has 11 heteroatoms. The van der Waals surface area contributed by atoms with Crippen molar-refractivity contribution in [3.63, 3.8) is 0 Å². The molecule has 1 N–H and O–H groups in total. The number of benzene rings is 3. The maximum absolute atomic E-state index is 14.0. The normalized spacial score (nSPS) is 11.9. The van der Waals surface area contributed by atoms with Gasteiger partial charge in [-0.15, -0.1) is 0 Å². The van der Waals surface area contributed by atoms with Crippen LogP contribution in [-0.2, 0) is 26.2 Å². The molecule has 0 aliphatic carbocycles. The van der Waals surface area contributed by atoms with Crippen molar-refractivity contribution in [2.75, 3.05) is 24.5 Å². The molecule has 0 saturated heterocycles. The van der Waals surface area contributed by atoms with Crippen molar-refractivity contribution >= 4 is 55.1 Å². The number of aryl methyl sites for hydroxylation is 1. The van der Waals surface area contributed by atoms with Crippen molar-refractivity contribution < 1.29 is 22.7 Å². The highest BCUT2D eigenvalue weighted by atomic mass is 79.9. The molecule has 0 aromatic heterocycles. The third-order valence-corrected chi connectivity index (χ3v) is 9.11. The molecule has 3 rings (SSSR count). The van der Waals surface area contributed by atoms with E-state index in [0.29, 0.717) is 39.5 Å². The van der Waals surface area contributed by atoms with E-state index in [1.807, 2.05) is 6.92 Å². The number of ether oxygens (including phenoxy) is 1. The molecule has 8 nitrogen and oxygen atoms in total. The number of halogens is 2. The van der Waals surface area contributed by atoms with E-state index in [1.54, 1.807) is 62.4 Å². The Morgan fingerprint density at radius 1 is 1.05 bits per heavy atom. The van der Waals surface area contributed by atoms with Crippen LogP contribution < -0.4 is 14.4 Å². The Morgan fingerprint density at radius 2 is 1.73 bits per heavy atom. The molecule has 0 unspecified atom stereocenters. The predicted octanol–water partition coefficient (Wildman–Crippen LogP) is 5.56. The van der Waals surface area contributed by atoms with Gasteiger partial charge in [-0.05, 0) is 78.2 Å². The van der Waals surface area contributed by atoms with E-state index in [1.165, 1.54) is 30.2 Å². The van der Waals surface area contributed by atoms with E-state index >= 15 is 0 Å². The van der Waals surface area contributed by atoms with Crippen LogP contribution in [0, 0.1) is 6.92 Å². The van der Waals surface area contributed by atoms with E-state index in [2.05, 4.69) is 21.2 Å². The molecule has 0 aliphatic heterocycles. The number of rotatable bonds is 12. The number of hydrogen-bond donors (Lipinski definition) is 1. The highest BCUT2D eigenvalue weighted by molar-refractivity contribution is 9.10. The number of hydrogen-bond acceptors (Lipinski definition) is 5. The first kappa shape index (κ1) is 31.4. The molecule has 0 aliphatic rings. The number of nitrogens with zero attached hydrogens (tertiary/aromatic N) is 2. The number of methoxy groups -OCH3 is 1. The molecule has 214 valence electrons. The first-order chi connectivity index (χ1) is 19.0. The molecule has 2 amide bonds. The van der Waals surface area contributed by atoms with Crippen LogP contribution >= 0.6 is 27.5 Å². The van der Waals surface area contributed by atoms with Crippen LogP contribution in [0.3, 0.4) is 0 Å². The lowest BCUT2D eigenvalue weighted by Crippen LogP contribution is -2.52. The van der Waals surface area contributed by atoms with Gasteiger partial charge in [0.25, 0.3) is 10.0 Å². The molecule has 3 aromatic rings. The first-order valence-electron chi connectivity index (χ1n) is 12.8. The fourth-order valence-corrected chi connectivity index (χ4v) is 6.52. The van der Waals surface area contributed by atoms with Crippen LogP contribution in [-0.4, -0.2) is 51.4 Å². The summed E-state index contributed by atoms with van der Waals surface area (Å²) in [6, 6.07) is 17.5. The Balaban J connectivity index is 2.09. The smallest absolute Gasteiger partial charge is 0.264 e. The van der Waals surface area contributed by atoms with E-state index < -0.39 is 28.5 Å². The summed E-state index contributed by atoms with van der Waals surface area (Å²) in [5.41, 5.74) is 1.89. The summed E-state index contributed by atoms with van der Waals surface area (Å²) in [5.74, 6) is -0.403. The molecule has 0 heterocycles. The lowest BCUT2D eigenvalue weighted by Gasteiger charge is -2.33. The number of anilines is 1. The summed E-state index contributed by atoms with van der Waals surface area (Å²) >= 11 is 9.76. The van der Waals surface area contributed by atoms with Crippen molar-refractivity contribution in [3.8, 4) is 5.75 Å². The lowest BCUT2D eigenvalue weighted by atomic mass is 10.1. The second-order valence-corrected chi connectivity index (χ2v) is 12.2. The molecule has 1 atom stereocenters. The van der Waals surface area contributed by atoms with E-state index in [4.69, 9.17) is 16.3 Å². The summed E-state index contributed by atoms with van der Waals surface area (Å²) in [7, 11) is -2.73. The van der Waals surface area contributed by atoms with Crippen molar-refractivity contribution in [2.24, 2.45) is 0 Å². The largest absolute Gasteiger partial charge is 0.496 e. The zero-order chi connectivity index (χ0) is 29.4. The number of likely N-dealkylation sites (N-methyl/N-ethyl adjacent to an activating group) is 1. The highest BCUT2D eigenvalue weighted by Gasteiger charge is 2.34. The minimum Gasteiger partial charge on any atom is -0.496 e. The molecule has 0 saturated carbocycles. The second-order valence-electron chi connectivity index (χ2n) is 9.08. The maximum Gasteiger partial charge on any atom is 0.264 e. The number of nitrogens with one attached hydrogen (secondary N) is 1. The third-order valence-electron chi connectivity index (χ3n) is 6.35. The Bertz CT molecular complexity index is 1450. The molecular formula is C29H33BrClN3O5S. The number of carbonyl (C=O) groups excluding carboxylic acids is 2. The summed E-state index contributed by atoms with van der Waals surface area (Å²) < 4.78 is 34.8. The monoisotopic (exact) mass is 649 g/mol. The standard InChI is InChI=1S/C29H33BrClN3O5S/c1-5-26(29(36)32-6-2)33(18-21-9-7-8-10-25(21)31)28(35)19-34(22-13-11-20(3)12-14-22)40(37,38)23-15-16-27(39-4)24(30)17-23/h7-17,26H,5-6,18-19H2,1-4H3,(H,32,36)/t26-/m1/s1. The molecule has 0 spiro atoms. The zero-order valence-electron chi connectivity index (χ0n) is 22.9. The average molecular weight is 651 g/mol. The molecule has 0 fully saturated rings. The van der Waals surface area contributed by atoms with Gasteiger partial charge < -0.3 is 15.0 Å². The van der Waals surface area contributed by atoms with Crippen LogP contribution in [0.1, 0.15) is 31.4 Å². The van der Waals surface area contributed by atoms with Gasteiger partial charge in [-0.2, -0.15) is 0 Å². The van der Waals surface area contributed by atoms with Crippen LogP contribution in [0.5, 0.6) is 5.75 Å². The summed E-state index contributed by atoms with van der Waals surface area (Å²) in [4.78, 5) is 28.4. The number of amides is 2. The minimum atomic E-state index is -4.21. The van der Waals surface area contributed by atoms with Gasteiger partial charge in [0.2, 0.25) is 11.8 Å². The molecule has 3 aromatic carbocycles. The fraction of sp³-hybridized carbons (Fsp3) is 0.310. The van der Waals surface area contributed by atoms with E-state index in [9.17, 15) is 18.0 Å². The fourth-order valence-electron chi connectivity index (χ4n) is 4.20. The van der Waals surface area contributed by atoms with Gasteiger partial charge in [0.05, 0.1) is 22.2 Å². The Kier molecular flexibility index (Phi) is 11.0. The number of carbonyl (C=O) groups is 2. The Labute approximate surface area is 249 Å². The zero-order valence-corrected chi connectivity index (χ0v) is 26.0. The van der Waals surface area contributed by atoms with Gasteiger partial charge in [0.15, 0.2) is 0 Å². The minimum absolute atomic E-state index is 0.0260. The van der Waals surface area contributed by atoms with Gasteiger partial charge in [0.1, 0.15) is 18.3 Å². The maximum atomic E-state index is 14.0. The van der Waals surface area contributed by atoms with Crippen molar-refractivity contribution in [1.29, 1.82) is 0 Å². The molecule has 40 heavy (non-hydrogen) atoms. The summed E-state index contributed by atoms with van der Waals surface area (Å²) in [6.07, 6.45) is 0.324. The van der Waals surface area contributed by atoms with Crippen LogP contribution in [0.4, 0.5) is 5.69 Å². The molecule has 0 bridgehead atoms. The summed E-state index contributed by atoms with van der Waals surface area (Å²) in [5, 5.41) is 3.22. The van der Waals surface area contributed by atoms with Crippen LogP contribution in [0.2, 0.25) is 5.02 Å². The van der Waals surface area contributed by atoms with Crippen LogP contribution in [0.15, 0.2) is 76.1 Å². The van der Waals surface area contributed by atoms with Gasteiger partial charge in [-0.1, -0.05) is 54.4 Å². The average Bonchev–Trinajstić information content (AvgIpc) is 2.93. The summed E-state index contributed by atoms with van der Waals surface area (Å²) in [6.45, 7) is 5.37. The third kappa shape index (κ3) is 7.35. The van der Waals surface area contributed by atoms with E-state index in [0.717, 1.165) is 9.87 Å². The molecular weight excluding hydrogens is 618 g/mol.